The Labute approximate surface area is 112 Å². The van der Waals surface area contributed by atoms with Gasteiger partial charge in [-0.1, -0.05) is 6.07 Å². The Bertz CT molecular complexity index is 692. The van der Waals surface area contributed by atoms with E-state index >= 15 is 0 Å². The minimum atomic E-state index is -3.65. The topological polar surface area (TPSA) is 76.9 Å². The predicted octanol–water partition coefficient (Wildman–Crippen LogP) is 1.72. The average Bonchev–Trinajstić information content (AvgIpc) is 2.70. The van der Waals surface area contributed by atoms with E-state index in [1.54, 1.807) is 36.7 Å². The summed E-state index contributed by atoms with van der Waals surface area (Å²) in [6.07, 6.45) is 1.36. The number of aryl methyl sites for hydroxylation is 2. The predicted molar refractivity (Wildman–Crippen MR) is 72.4 cm³/mol. The summed E-state index contributed by atoms with van der Waals surface area (Å²) in [5.41, 5.74) is 1.36. The van der Waals surface area contributed by atoms with Crippen LogP contribution in [-0.4, -0.2) is 23.2 Å². The van der Waals surface area contributed by atoms with E-state index in [2.05, 4.69) is 14.8 Å². The zero-order chi connectivity index (χ0) is 14.0. The Morgan fingerprint density at radius 3 is 2.63 bits per heavy atom. The van der Waals surface area contributed by atoms with Gasteiger partial charge in [-0.3, -0.25) is 9.40 Å². The zero-order valence-electron chi connectivity index (χ0n) is 11.1. The van der Waals surface area contributed by atoms with Crippen molar-refractivity contribution in [3.05, 3.63) is 35.8 Å². The Morgan fingerprint density at radius 2 is 2.05 bits per heavy atom. The fourth-order valence-corrected chi connectivity index (χ4v) is 2.98. The average molecular weight is 280 g/mol. The van der Waals surface area contributed by atoms with Gasteiger partial charge in [0.1, 0.15) is 10.7 Å². The summed E-state index contributed by atoms with van der Waals surface area (Å²) >= 11 is 0. The second-order valence-electron chi connectivity index (χ2n) is 4.18. The van der Waals surface area contributed by atoms with E-state index < -0.39 is 10.0 Å². The number of nitrogens with zero attached hydrogens (tertiary/aromatic N) is 3. The number of anilines is 1. The van der Waals surface area contributed by atoms with Crippen LogP contribution in [-0.2, 0) is 16.6 Å². The van der Waals surface area contributed by atoms with Crippen LogP contribution >= 0.6 is 0 Å². The van der Waals surface area contributed by atoms with Crippen molar-refractivity contribution >= 4 is 15.8 Å². The molecule has 7 heteroatoms. The normalized spacial score (nSPS) is 11.5. The molecule has 2 rings (SSSR count). The molecule has 19 heavy (non-hydrogen) atoms. The third-order valence-corrected chi connectivity index (χ3v) is 4.23. The van der Waals surface area contributed by atoms with Crippen molar-refractivity contribution in [1.82, 2.24) is 14.8 Å². The fraction of sp³-hybridized carbons (Fsp3) is 0.333. The number of sulfonamides is 1. The second kappa shape index (κ2) is 5.00. The standard InChI is InChI=1S/C12H16N4O2S/c1-4-16-10(3)11(8-13-16)19(17,18)15-12-7-5-6-9(2)14-12/h5-8H,4H2,1-3H3,(H,14,15). The Kier molecular flexibility index (Phi) is 3.57. The van der Waals surface area contributed by atoms with Crippen LogP contribution in [0.3, 0.4) is 0 Å². The lowest BCUT2D eigenvalue weighted by Crippen LogP contribution is -2.15. The molecule has 0 saturated heterocycles. The van der Waals surface area contributed by atoms with Crippen molar-refractivity contribution in [2.24, 2.45) is 0 Å². The first-order valence-electron chi connectivity index (χ1n) is 5.93. The largest absolute Gasteiger partial charge is 0.269 e. The third-order valence-electron chi connectivity index (χ3n) is 2.77. The van der Waals surface area contributed by atoms with Crippen LogP contribution < -0.4 is 4.72 Å². The number of nitrogens with one attached hydrogen (secondary N) is 1. The van der Waals surface area contributed by atoms with Crippen molar-refractivity contribution in [1.29, 1.82) is 0 Å². The minimum Gasteiger partial charge on any atom is -0.269 e. The van der Waals surface area contributed by atoms with E-state index in [4.69, 9.17) is 0 Å². The summed E-state index contributed by atoms with van der Waals surface area (Å²) in [5.74, 6) is 0.309. The summed E-state index contributed by atoms with van der Waals surface area (Å²) in [6.45, 7) is 6.07. The molecule has 0 saturated carbocycles. The van der Waals surface area contributed by atoms with Crippen molar-refractivity contribution in [3.63, 3.8) is 0 Å². The van der Waals surface area contributed by atoms with E-state index in [0.717, 1.165) is 5.69 Å². The quantitative estimate of drug-likeness (QED) is 0.925. The van der Waals surface area contributed by atoms with Gasteiger partial charge in [0.05, 0.1) is 11.9 Å². The van der Waals surface area contributed by atoms with Gasteiger partial charge in [-0.25, -0.2) is 13.4 Å². The van der Waals surface area contributed by atoms with Crippen LogP contribution in [0.1, 0.15) is 18.3 Å². The van der Waals surface area contributed by atoms with Gasteiger partial charge in [0, 0.05) is 12.2 Å². The van der Waals surface area contributed by atoms with Crippen LogP contribution in [0.2, 0.25) is 0 Å². The number of aromatic nitrogens is 3. The second-order valence-corrected chi connectivity index (χ2v) is 5.83. The smallest absolute Gasteiger partial charge is 0.266 e. The highest BCUT2D eigenvalue weighted by Gasteiger charge is 2.20. The fourth-order valence-electron chi connectivity index (χ4n) is 1.80. The monoisotopic (exact) mass is 280 g/mol. The maximum Gasteiger partial charge on any atom is 0.266 e. The summed E-state index contributed by atoms with van der Waals surface area (Å²) in [5, 5.41) is 4.04. The SMILES string of the molecule is CCn1ncc(S(=O)(=O)Nc2cccc(C)n2)c1C. The lowest BCUT2D eigenvalue weighted by atomic mass is 10.4. The van der Waals surface area contributed by atoms with Gasteiger partial charge in [-0.05, 0) is 32.9 Å². The maximum atomic E-state index is 12.3. The van der Waals surface area contributed by atoms with Crippen LogP contribution in [0.4, 0.5) is 5.82 Å². The van der Waals surface area contributed by atoms with Crippen molar-refractivity contribution in [2.75, 3.05) is 4.72 Å². The van der Waals surface area contributed by atoms with Gasteiger partial charge < -0.3 is 0 Å². The van der Waals surface area contributed by atoms with Crippen LogP contribution in [0.25, 0.3) is 0 Å². The molecule has 2 aromatic rings. The molecule has 0 aromatic carbocycles. The first kappa shape index (κ1) is 13.5. The first-order valence-corrected chi connectivity index (χ1v) is 7.41. The molecular formula is C12H16N4O2S. The molecule has 0 unspecified atom stereocenters. The first-order chi connectivity index (χ1) is 8.94. The molecule has 2 aromatic heterocycles. The van der Waals surface area contributed by atoms with Crippen LogP contribution in [0.5, 0.6) is 0 Å². The molecule has 0 aliphatic rings. The number of rotatable bonds is 4. The van der Waals surface area contributed by atoms with Crippen molar-refractivity contribution < 1.29 is 8.42 Å². The molecule has 6 nitrogen and oxygen atoms in total. The lowest BCUT2D eigenvalue weighted by molar-refractivity contribution is 0.598. The third kappa shape index (κ3) is 2.76. The molecule has 1 N–H and O–H groups in total. The molecule has 0 spiro atoms. The molecule has 0 aliphatic carbocycles. The van der Waals surface area contributed by atoms with Gasteiger partial charge >= 0.3 is 0 Å². The van der Waals surface area contributed by atoms with E-state index in [1.165, 1.54) is 6.20 Å². The molecule has 0 fully saturated rings. The molecule has 0 atom stereocenters. The highest BCUT2D eigenvalue weighted by Crippen LogP contribution is 2.17. The summed E-state index contributed by atoms with van der Waals surface area (Å²) < 4.78 is 28.6. The maximum absolute atomic E-state index is 12.3. The van der Waals surface area contributed by atoms with E-state index in [9.17, 15) is 8.42 Å². The van der Waals surface area contributed by atoms with Crippen molar-refractivity contribution in [2.45, 2.75) is 32.2 Å². The molecule has 0 bridgehead atoms. The Balaban J connectivity index is 2.35. The summed E-state index contributed by atoms with van der Waals surface area (Å²) in [4.78, 5) is 4.30. The Morgan fingerprint density at radius 1 is 1.32 bits per heavy atom. The van der Waals surface area contributed by atoms with Crippen LogP contribution in [0.15, 0.2) is 29.3 Å². The summed E-state index contributed by atoms with van der Waals surface area (Å²) in [7, 11) is -3.65. The molecular weight excluding hydrogens is 264 g/mol. The summed E-state index contributed by atoms with van der Waals surface area (Å²) in [6, 6.07) is 5.17. The van der Waals surface area contributed by atoms with Gasteiger partial charge in [0.2, 0.25) is 0 Å². The van der Waals surface area contributed by atoms with Gasteiger partial charge in [0.15, 0.2) is 0 Å². The lowest BCUT2D eigenvalue weighted by Gasteiger charge is -2.07. The molecule has 0 radical (unpaired) electrons. The van der Waals surface area contributed by atoms with E-state index in [1.807, 2.05) is 6.92 Å². The molecule has 0 amide bonds. The number of hydrogen-bond acceptors (Lipinski definition) is 4. The van der Waals surface area contributed by atoms with Crippen LogP contribution in [0, 0.1) is 13.8 Å². The molecule has 102 valence electrons. The van der Waals surface area contributed by atoms with Gasteiger partial charge in [-0.2, -0.15) is 5.10 Å². The Hall–Kier alpha value is -1.89. The van der Waals surface area contributed by atoms with Gasteiger partial charge in [0.25, 0.3) is 10.0 Å². The van der Waals surface area contributed by atoms with Gasteiger partial charge in [-0.15, -0.1) is 0 Å². The number of pyridine rings is 1. The highest BCUT2D eigenvalue weighted by molar-refractivity contribution is 7.92. The minimum absolute atomic E-state index is 0.178. The van der Waals surface area contributed by atoms with E-state index in [0.29, 0.717) is 18.1 Å². The highest BCUT2D eigenvalue weighted by atomic mass is 32.2. The van der Waals surface area contributed by atoms with Crippen molar-refractivity contribution in [3.8, 4) is 0 Å². The van der Waals surface area contributed by atoms with E-state index in [-0.39, 0.29) is 4.90 Å². The zero-order valence-corrected chi connectivity index (χ0v) is 11.9. The molecule has 0 aliphatic heterocycles. The molecule has 2 heterocycles. The number of hydrogen-bond donors (Lipinski definition) is 1.